The highest BCUT2D eigenvalue weighted by Gasteiger charge is 2.34. The third-order valence-electron chi connectivity index (χ3n) is 6.57. The molecule has 6 nitrogen and oxygen atoms in total. The number of carbonyl (C=O) groups is 1. The monoisotopic (exact) mass is 455 g/mol. The second-order valence-electron chi connectivity index (χ2n) is 8.70. The molecular weight excluding hydrogens is 426 g/mol. The highest BCUT2D eigenvalue weighted by Crippen LogP contribution is 2.39. The fourth-order valence-electron chi connectivity index (χ4n) is 4.77. The Morgan fingerprint density at radius 3 is 2.56 bits per heavy atom. The summed E-state index contributed by atoms with van der Waals surface area (Å²) < 4.78 is 10.8. The number of nitrogens with one attached hydrogen (secondary N) is 2. The number of methoxy groups -OCH3 is 2. The molecule has 0 saturated carbocycles. The summed E-state index contributed by atoms with van der Waals surface area (Å²) in [7, 11) is 3.33. The van der Waals surface area contributed by atoms with Gasteiger partial charge in [-0.3, -0.25) is 0 Å². The van der Waals surface area contributed by atoms with Crippen molar-refractivity contribution in [2.24, 2.45) is 0 Å². The van der Waals surface area contributed by atoms with Crippen LogP contribution in [0.1, 0.15) is 34.0 Å². The Bertz CT molecular complexity index is 1330. The van der Waals surface area contributed by atoms with Crippen LogP contribution in [0.5, 0.6) is 11.5 Å². The quantitative estimate of drug-likeness (QED) is 0.426. The van der Waals surface area contributed by atoms with Crippen molar-refractivity contribution in [3.05, 3.63) is 94.7 Å². The minimum atomic E-state index is -0.201. The van der Waals surface area contributed by atoms with E-state index in [1.165, 1.54) is 11.1 Å². The van der Waals surface area contributed by atoms with Gasteiger partial charge in [0.15, 0.2) is 0 Å². The molecule has 174 valence electrons. The van der Waals surface area contributed by atoms with Crippen molar-refractivity contribution >= 4 is 16.9 Å². The lowest BCUT2D eigenvalue weighted by Gasteiger charge is -2.36. The molecule has 2 amide bonds. The van der Waals surface area contributed by atoms with Crippen LogP contribution in [-0.2, 0) is 13.0 Å². The molecule has 1 aliphatic rings. The van der Waals surface area contributed by atoms with Gasteiger partial charge in [0.2, 0.25) is 0 Å². The molecule has 0 bridgehead atoms. The number of aryl methyl sites for hydroxylation is 1. The number of fused-ring (bicyclic) bond motifs is 3. The number of aromatic amines is 1. The molecule has 4 aromatic rings. The standard InChI is InChI=1S/C28H29N3O3/c1-18-7-9-20(10-8-18)27-26-23(24-16-22(34-3)11-12-25(24)30-26)13-14-31(27)28(32)29-17-19-5-4-6-21(15-19)33-2/h4-12,15-16,27,30H,13-14,17H2,1-3H3,(H,29,32). The number of H-pyrrole nitrogens is 1. The molecule has 34 heavy (non-hydrogen) atoms. The summed E-state index contributed by atoms with van der Waals surface area (Å²) in [6, 6.07) is 22.0. The number of nitrogens with zero attached hydrogens (tertiary/aromatic N) is 1. The van der Waals surface area contributed by atoms with Crippen LogP contribution in [0.25, 0.3) is 10.9 Å². The second-order valence-corrected chi connectivity index (χ2v) is 8.70. The lowest BCUT2D eigenvalue weighted by Crippen LogP contribution is -2.45. The maximum atomic E-state index is 13.5. The highest BCUT2D eigenvalue weighted by molar-refractivity contribution is 5.87. The van der Waals surface area contributed by atoms with Gasteiger partial charge in [-0.1, -0.05) is 42.0 Å². The van der Waals surface area contributed by atoms with E-state index in [4.69, 9.17) is 9.47 Å². The van der Waals surface area contributed by atoms with Crippen molar-refractivity contribution in [2.45, 2.75) is 25.9 Å². The number of carbonyl (C=O) groups excluding carboxylic acids is 1. The van der Waals surface area contributed by atoms with E-state index in [0.29, 0.717) is 13.1 Å². The highest BCUT2D eigenvalue weighted by atomic mass is 16.5. The molecule has 0 radical (unpaired) electrons. The Hall–Kier alpha value is -3.93. The summed E-state index contributed by atoms with van der Waals surface area (Å²) in [4.78, 5) is 19.0. The molecule has 1 atom stereocenters. The lowest BCUT2D eigenvalue weighted by atomic mass is 9.92. The minimum absolute atomic E-state index is 0.0877. The second kappa shape index (κ2) is 9.14. The van der Waals surface area contributed by atoms with Crippen LogP contribution in [0.3, 0.4) is 0 Å². The van der Waals surface area contributed by atoms with Gasteiger partial charge in [0.1, 0.15) is 11.5 Å². The van der Waals surface area contributed by atoms with Gasteiger partial charge in [0, 0.05) is 29.7 Å². The van der Waals surface area contributed by atoms with E-state index >= 15 is 0 Å². The zero-order chi connectivity index (χ0) is 23.7. The SMILES string of the molecule is COc1cccc(CNC(=O)N2CCc3c([nH]c4ccc(OC)cc34)C2c2ccc(C)cc2)c1. The normalized spacial score (nSPS) is 15.1. The van der Waals surface area contributed by atoms with E-state index in [9.17, 15) is 4.79 Å². The topological polar surface area (TPSA) is 66.6 Å². The number of aromatic nitrogens is 1. The molecule has 2 N–H and O–H groups in total. The first-order chi connectivity index (χ1) is 16.6. The number of hydrogen-bond donors (Lipinski definition) is 2. The summed E-state index contributed by atoms with van der Waals surface area (Å²) >= 11 is 0. The van der Waals surface area contributed by atoms with Crippen molar-refractivity contribution in [3.8, 4) is 11.5 Å². The smallest absolute Gasteiger partial charge is 0.318 e. The van der Waals surface area contributed by atoms with Gasteiger partial charge in [-0.2, -0.15) is 0 Å². The van der Waals surface area contributed by atoms with Gasteiger partial charge in [-0.15, -0.1) is 0 Å². The molecular formula is C28H29N3O3. The van der Waals surface area contributed by atoms with Crippen molar-refractivity contribution in [3.63, 3.8) is 0 Å². The zero-order valence-corrected chi connectivity index (χ0v) is 19.7. The van der Waals surface area contributed by atoms with Crippen LogP contribution >= 0.6 is 0 Å². The Balaban J connectivity index is 1.49. The molecule has 0 spiro atoms. The number of hydrogen-bond acceptors (Lipinski definition) is 3. The van der Waals surface area contributed by atoms with E-state index in [1.54, 1.807) is 14.2 Å². The molecule has 1 aliphatic heterocycles. The molecule has 3 aromatic carbocycles. The Morgan fingerprint density at radius 2 is 1.79 bits per heavy atom. The first-order valence-electron chi connectivity index (χ1n) is 11.5. The van der Waals surface area contributed by atoms with E-state index in [0.717, 1.165) is 45.6 Å². The number of urea groups is 1. The fourth-order valence-corrected chi connectivity index (χ4v) is 4.77. The summed E-state index contributed by atoms with van der Waals surface area (Å²) in [6.07, 6.45) is 0.775. The third kappa shape index (κ3) is 4.07. The summed E-state index contributed by atoms with van der Waals surface area (Å²) in [5, 5.41) is 4.27. The minimum Gasteiger partial charge on any atom is -0.497 e. The first-order valence-corrected chi connectivity index (χ1v) is 11.5. The molecule has 2 heterocycles. The van der Waals surface area contributed by atoms with Crippen LogP contribution in [0.4, 0.5) is 4.79 Å². The maximum Gasteiger partial charge on any atom is 0.318 e. The van der Waals surface area contributed by atoms with Crippen molar-refractivity contribution in [1.82, 2.24) is 15.2 Å². The van der Waals surface area contributed by atoms with E-state index in [1.807, 2.05) is 41.3 Å². The molecule has 1 unspecified atom stereocenters. The van der Waals surface area contributed by atoms with Gasteiger partial charge in [-0.25, -0.2) is 4.79 Å². The summed E-state index contributed by atoms with van der Waals surface area (Å²) in [5.41, 5.74) is 6.64. The first kappa shape index (κ1) is 21.9. The van der Waals surface area contributed by atoms with Gasteiger partial charge in [0.05, 0.1) is 20.3 Å². The fraction of sp³-hybridized carbons (Fsp3) is 0.250. The number of amides is 2. The largest absolute Gasteiger partial charge is 0.497 e. The lowest BCUT2D eigenvalue weighted by molar-refractivity contribution is 0.179. The van der Waals surface area contributed by atoms with E-state index < -0.39 is 0 Å². The van der Waals surface area contributed by atoms with E-state index in [-0.39, 0.29) is 12.1 Å². The van der Waals surface area contributed by atoms with Crippen molar-refractivity contribution in [1.29, 1.82) is 0 Å². The Labute approximate surface area is 199 Å². The molecule has 0 fully saturated rings. The van der Waals surface area contributed by atoms with Crippen LogP contribution in [0.15, 0.2) is 66.7 Å². The number of benzene rings is 3. The van der Waals surface area contributed by atoms with E-state index in [2.05, 4.69) is 47.6 Å². The molecule has 0 aliphatic carbocycles. The van der Waals surface area contributed by atoms with Gasteiger partial charge in [0.25, 0.3) is 0 Å². The average Bonchev–Trinajstić information content (AvgIpc) is 3.25. The number of rotatable bonds is 5. The molecule has 6 heteroatoms. The van der Waals surface area contributed by atoms with Gasteiger partial charge >= 0.3 is 6.03 Å². The average molecular weight is 456 g/mol. The van der Waals surface area contributed by atoms with Crippen LogP contribution < -0.4 is 14.8 Å². The van der Waals surface area contributed by atoms with Gasteiger partial charge < -0.3 is 24.7 Å². The van der Waals surface area contributed by atoms with Crippen LogP contribution in [0, 0.1) is 6.92 Å². The van der Waals surface area contributed by atoms with Crippen molar-refractivity contribution < 1.29 is 14.3 Å². The third-order valence-corrected chi connectivity index (χ3v) is 6.57. The molecule has 0 saturated heterocycles. The van der Waals surface area contributed by atoms with Crippen LogP contribution in [-0.4, -0.2) is 36.7 Å². The molecule has 5 rings (SSSR count). The predicted molar refractivity (Wildman–Crippen MR) is 134 cm³/mol. The zero-order valence-electron chi connectivity index (χ0n) is 19.7. The van der Waals surface area contributed by atoms with Gasteiger partial charge in [-0.05, 0) is 60.4 Å². The Morgan fingerprint density at radius 1 is 1.03 bits per heavy atom. The van der Waals surface area contributed by atoms with Crippen LogP contribution in [0.2, 0.25) is 0 Å². The summed E-state index contributed by atoms with van der Waals surface area (Å²) in [5.74, 6) is 1.61. The van der Waals surface area contributed by atoms with Crippen molar-refractivity contribution in [2.75, 3.05) is 20.8 Å². The predicted octanol–water partition coefficient (Wildman–Crippen LogP) is 5.35. The maximum absolute atomic E-state index is 13.5. The molecule has 1 aromatic heterocycles. The Kier molecular flexibility index (Phi) is 5.88. The number of ether oxygens (including phenoxy) is 2. The summed E-state index contributed by atoms with van der Waals surface area (Å²) in [6.45, 7) is 3.13.